The number of rotatable bonds is 9. The molecule has 8 nitrogen and oxygen atoms in total. The average Bonchev–Trinajstić information content (AvgIpc) is 3.50. The summed E-state index contributed by atoms with van der Waals surface area (Å²) in [5.74, 6) is 0.493. The molecule has 8 heteroatoms. The number of ether oxygens (including phenoxy) is 5. The highest BCUT2D eigenvalue weighted by molar-refractivity contribution is 5.68. The standard InChI is InChI=1S/C26H34N2O6/c1-4-26(17-23-30-14-15-31-23,34-22-12-8-9-13-27-22)24-21(16-20-10-6-5-7-11-20)28(18-32-24)25(29)33-19(2)3/h5-13,19,21,23-24H,4,14-18H2,1-3H3. The van der Waals surface area contributed by atoms with E-state index in [1.54, 1.807) is 11.1 Å². The van der Waals surface area contributed by atoms with Crippen molar-refractivity contribution in [2.45, 2.75) is 70.2 Å². The smallest absolute Gasteiger partial charge is 0.412 e. The summed E-state index contributed by atoms with van der Waals surface area (Å²) in [6, 6.07) is 15.3. The lowest BCUT2D eigenvalue weighted by molar-refractivity contribution is -0.140. The van der Waals surface area contributed by atoms with E-state index in [1.807, 2.05) is 50.2 Å². The molecular weight excluding hydrogens is 436 g/mol. The van der Waals surface area contributed by atoms with E-state index in [2.05, 4.69) is 24.0 Å². The van der Waals surface area contributed by atoms with Crippen LogP contribution in [0.3, 0.4) is 0 Å². The number of hydrogen-bond donors (Lipinski definition) is 0. The van der Waals surface area contributed by atoms with Crippen molar-refractivity contribution in [3.8, 4) is 5.88 Å². The van der Waals surface area contributed by atoms with Crippen molar-refractivity contribution < 1.29 is 28.5 Å². The Morgan fingerprint density at radius 2 is 1.85 bits per heavy atom. The first kappa shape index (κ1) is 24.4. The third-order valence-corrected chi connectivity index (χ3v) is 6.27. The number of hydrogen-bond acceptors (Lipinski definition) is 7. The fourth-order valence-corrected chi connectivity index (χ4v) is 4.62. The topological polar surface area (TPSA) is 79.4 Å². The zero-order chi connectivity index (χ0) is 24.0. The molecule has 0 radical (unpaired) electrons. The van der Waals surface area contributed by atoms with E-state index < -0.39 is 24.1 Å². The van der Waals surface area contributed by atoms with Crippen LogP contribution in [0.4, 0.5) is 4.79 Å². The van der Waals surface area contributed by atoms with Gasteiger partial charge in [0.25, 0.3) is 0 Å². The molecule has 0 spiro atoms. The minimum Gasteiger partial charge on any atom is -0.468 e. The van der Waals surface area contributed by atoms with Gasteiger partial charge < -0.3 is 23.7 Å². The lowest BCUT2D eigenvalue weighted by Gasteiger charge is -2.41. The molecule has 3 unspecified atom stereocenters. The first-order valence-corrected chi connectivity index (χ1v) is 12.0. The van der Waals surface area contributed by atoms with Crippen molar-refractivity contribution in [2.24, 2.45) is 0 Å². The monoisotopic (exact) mass is 470 g/mol. The van der Waals surface area contributed by atoms with E-state index in [9.17, 15) is 4.79 Å². The second kappa shape index (κ2) is 11.2. The Labute approximate surface area is 201 Å². The predicted octanol–water partition coefficient (Wildman–Crippen LogP) is 4.19. The minimum absolute atomic E-state index is 0.118. The van der Waals surface area contributed by atoms with Gasteiger partial charge in [0.05, 0.1) is 25.4 Å². The van der Waals surface area contributed by atoms with Crippen molar-refractivity contribution in [3.63, 3.8) is 0 Å². The number of aromatic nitrogens is 1. The normalized spacial score (nSPS) is 22.6. The van der Waals surface area contributed by atoms with Crippen molar-refractivity contribution >= 4 is 6.09 Å². The highest BCUT2D eigenvalue weighted by atomic mass is 16.7. The Balaban J connectivity index is 1.69. The Hall–Kier alpha value is -2.68. The zero-order valence-corrected chi connectivity index (χ0v) is 20.1. The predicted molar refractivity (Wildman–Crippen MR) is 125 cm³/mol. The molecule has 2 aromatic rings. The maximum Gasteiger partial charge on any atom is 0.412 e. The summed E-state index contributed by atoms with van der Waals surface area (Å²) in [5, 5.41) is 0. The molecule has 2 fully saturated rings. The Morgan fingerprint density at radius 1 is 1.12 bits per heavy atom. The van der Waals surface area contributed by atoms with E-state index in [0.29, 0.717) is 38.4 Å². The van der Waals surface area contributed by atoms with Crippen LogP contribution in [0, 0.1) is 0 Å². The van der Waals surface area contributed by atoms with Gasteiger partial charge in [-0.25, -0.2) is 9.78 Å². The van der Waals surface area contributed by atoms with Gasteiger partial charge in [0.2, 0.25) is 5.88 Å². The molecule has 34 heavy (non-hydrogen) atoms. The van der Waals surface area contributed by atoms with E-state index in [0.717, 1.165) is 5.56 Å². The van der Waals surface area contributed by atoms with Crippen LogP contribution in [0.5, 0.6) is 5.88 Å². The van der Waals surface area contributed by atoms with Crippen LogP contribution in [-0.2, 0) is 25.4 Å². The molecule has 0 N–H and O–H groups in total. The second-order valence-corrected chi connectivity index (χ2v) is 8.94. The summed E-state index contributed by atoms with van der Waals surface area (Å²) >= 11 is 0. The van der Waals surface area contributed by atoms with Crippen LogP contribution < -0.4 is 4.74 Å². The van der Waals surface area contributed by atoms with Crippen LogP contribution in [0.2, 0.25) is 0 Å². The van der Waals surface area contributed by atoms with Gasteiger partial charge in [-0.2, -0.15) is 0 Å². The van der Waals surface area contributed by atoms with Crippen molar-refractivity contribution in [3.05, 3.63) is 60.3 Å². The molecule has 0 aliphatic carbocycles. The fraction of sp³-hybridized carbons (Fsp3) is 0.538. The molecule has 184 valence electrons. The van der Waals surface area contributed by atoms with E-state index in [4.69, 9.17) is 23.7 Å². The van der Waals surface area contributed by atoms with Crippen molar-refractivity contribution in [2.75, 3.05) is 19.9 Å². The molecule has 2 aliphatic heterocycles. The second-order valence-electron chi connectivity index (χ2n) is 8.94. The van der Waals surface area contributed by atoms with Gasteiger partial charge in [-0.3, -0.25) is 4.90 Å². The number of carbonyl (C=O) groups excluding carboxylic acids is 1. The molecule has 2 aliphatic rings. The Bertz CT molecular complexity index is 906. The van der Waals surface area contributed by atoms with Crippen molar-refractivity contribution in [1.82, 2.24) is 9.88 Å². The first-order valence-electron chi connectivity index (χ1n) is 12.0. The largest absolute Gasteiger partial charge is 0.468 e. The molecule has 1 amide bonds. The van der Waals surface area contributed by atoms with Gasteiger partial charge >= 0.3 is 6.09 Å². The molecule has 4 rings (SSSR count). The van der Waals surface area contributed by atoms with Gasteiger partial charge in [-0.15, -0.1) is 0 Å². The van der Waals surface area contributed by atoms with Crippen LogP contribution in [0.15, 0.2) is 54.7 Å². The summed E-state index contributed by atoms with van der Waals surface area (Å²) < 4.78 is 30.1. The third-order valence-electron chi connectivity index (χ3n) is 6.27. The van der Waals surface area contributed by atoms with Gasteiger partial charge in [-0.1, -0.05) is 43.3 Å². The fourth-order valence-electron chi connectivity index (χ4n) is 4.62. The van der Waals surface area contributed by atoms with Crippen LogP contribution >= 0.6 is 0 Å². The van der Waals surface area contributed by atoms with Gasteiger partial charge in [0.1, 0.15) is 18.4 Å². The molecule has 1 aromatic heterocycles. The SMILES string of the molecule is CCC(CC1OCCO1)(Oc1ccccn1)C1OCN(C(=O)OC(C)C)C1Cc1ccccc1. The number of carbonyl (C=O) groups is 1. The van der Waals surface area contributed by atoms with E-state index >= 15 is 0 Å². The maximum absolute atomic E-state index is 13.0. The molecule has 3 heterocycles. The van der Waals surface area contributed by atoms with Crippen LogP contribution in [-0.4, -0.2) is 66.1 Å². The zero-order valence-electron chi connectivity index (χ0n) is 20.1. The molecule has 0 bridgehead atoms. The van der Waals surface area contributed by atoms with E-state index in [1.165, 1.54) is 0 Å². The maximum atomic E-state index is 13.0. The van der Waals surface area contributed by atoms with Gasteiger partial charge in [0.15, 0.2) is 6.29 Å². The number of pyridine rings is 1. The number of amides is 1. The summed E-state index contributed by atoms with van der Waals surface area (Å²) in [6.45, 7) is 6.94. The summed E-state index contributed by atoms with van der Waals surface area (Å²) in [4.78, 5) is 19.1. The summed E-state index contributed by atoms with van der Waals surface area (Å²) in [7, 11) is 0. The lowest BCUT2D eigenvalue weighted by atomic mass is 9.83. The molecule has 2 saturated heterocycles. The number of nitrogens with zero attached hydrogens (tertiary/aromatic N) is 2. The number of benzene rings is 1. The highest BCUT2D eigenvalue weighted by Gasteiger charge is 2.53. The molecule has 3 atom stereocenters. The van der Waals surface area contributed by atoms with Gasteiger partial charge in [0, 0.05) is 18.7 Å². The average molecular weight is 471 g/mol. The third kappa shape index (κ3) is 5.68. The quantitative estimate of drug-likeness (QED) is 0.544. The molecule has 1 aromatic carbocycles. The highest BCUT2D eigenvalue weighted by Crippen LogP contribution is 2.39. The Morgan fingerprint density at radius 3 is 2.50 bits per heavy atom. The summed E-state index contributed by atoms with van der Waals surface area (Å²) in [5.41, 5.74) is 0.261. The molecular formula is C26H34N2O6. The first-order chi connectivity index (χ1) is 16.5. The van der Waals surface area contributed by atoms with Crippen LogP contribution in [0.25, 0.3) is 0 Å². The van der Waals surface area contributed by atoms with Crippen LogP contribution in [0.1, 0.15) is 39.2 Å². The minimum atomic E-state index is -0.838. The van der Waals surface area contributed by atoms with Crippen molar-refractivity contribution in [1.29, 1.82) is 0 Å². The van der Waals surface area contributed by atoms with Gasteiger partial charge in [-0.05, 0) is 38.3 Å². The molecule has 0 saturated carbocycles. The van der Waals surface area contributed by atoms with E-state index in [-0.39, 0.29) is 18.9 Å². The summed E-state index contributed by atoms with van der Waals surface area (Å²) in [6.07, 6.45) is 1.85. The Kier molecular flexibility index (Phi) is 8.03. The lowest BCUT2D eigenvalue weighted by Crippen LogP contribution is -2.56.